The summed E-state index contributed by atoms with van der Waals surface area (Å²) >= 11 is 0. The summed E-state index contributed by atoms with van der Waals surface area (Å²) in [5.41, 5.74) is 0.880. The van der Waals surface area contributed by atoms with Crippen LogP contribution < -0.4 is 4.74 Å². The van der Waals surface area contributed by atoms with Gasteiger partial charge in [0.05, 0.1) is 19.8 Å². The maximum atomic E-state index is 12.1. The first-order valence-corrected chi connectivity index (χ1v) is 7.64. The van der Waals surface area contributed by atoms with E-state index in [1.807, 2.05) is 31.2 Å². The fourth-order valence-electron chi connectivity index (χ4n) is 2.17. The SMILES string of the molecule is CCCOc1ccc(C=CC(=O)N2CCOC(C(=O)O)C2)cc1. The van der Waals surface area contributed by atoms with Crippen LogP contribution in [0.2, 0.25) is 0 Å². The summed E-state index contributed by atoms with van der Waals surface area (Å²) < 4.78 is 10.6. The van der Waals surface area contributed by atoms with Crippen LogP contribution in [-0.4, -0.2) is 54.3 Å². The highest BCUT2D eigenvalue weighted by atomic mass is 16.5. The number of aliphatic carboxylic acids is 1. The molecule has 0 bridgehead atoms. The van der Waals surface area contributed by atoms with Crippen LogP contribution in [0.25, 0.3) is 6.08 Å². The molecule has 1 unspecified atom stereocenters. The third-order valence-corrected chi connectivity index (χ3v) is 3.42. The molecule has 1 saturated heterocycles. The monoisotopic (exact) mass is 319 g/mol. The largest absolute Gasteiger partial charge is 0.494 e. The number of carboxylic acids is 1. The fraction of sp³-hybridized carbons (Fsp3) is 0.412. The van der Waals surface area contributed by atoms with Gasteiger partial charge >= 0.3 is 5.97 Å². The third-order valence-electron chi connectivity index (χ3n) is 3.42. The van der Waals surface area contributed by atoms with Gasteiger partial charge in [0.2, 0.25) is 5.91 Å². The normalized spacial score (nSPS) is 18.1. The Hall–Kier alpha value is -2.34. The minimum Gasteiger partial charge on any atom is -0.494 e. The number of morpholine rings is 1. The first-order chi connectivity index (χ1) is 11.1. The van der Waals surface area contributed by atoms with Gasteiger partial charge in [0.1, 0.15) is 5.75 Å². The van der Waals surface area contributed by atoms with Gasteiger partial charge in [-0.3, -0.25) is 4.79 Å². The van der Waals surface area contributed by atoms with Crippen molar-refractivity contribution >= 4 is 18.0 Å². The molecule has 23 heavy (non-hydrogen) atoms. The zero-order valence-electron chi connectivity index (χ0n) is 13.1. The molecule has 6 nitrogen and oxygen atoms in total. The summed E-state index contributed by atoms with van der Waals surface area (Å²) in [6.45, 7) is 3.43. The average Bonchev–Trinajstić information content (AvgIpc) is 2.58. The fourth-order valence-corrected chi connectivity index (χ4v) is 2.17. The molecule has 1 atom stereocenters. The summed E-state index contributed by atoms with van der Waals surface area (Å²) in [4.78, 5) is 24.5. The van der Waals surface area contributed by atoms with Crippen LogP contribution >= 0.6 is 0 Å². The summed E-state index contributed by atoms with van der Waals surface area (Å²) in [7, 11) is 0. The first kappa shape index (κ1) is 17.0. The van der Waals surface area contributed by atoms with Gasteiger partial charge in [-0.25, -0.2) is 4.79 Å². The van der Waals surface area contributed by atoms with Gasteiger partial charge in [-0.2, -0.15) is 0 Å². The number of rotatable bonds is 6. The summed E-state index contributed by atoms with van der Waals surface area (Å²) in [5.74, 6) is -0.465. The van der Waals surface area contributed by atoms with Gasteiger partial charge in [-0.15, -0.1) is 0 Å². The maximum absolute atomic E-state index is 12.1. The Labute approximate surface area is 135 Å². The maximum Gasteiger partial charge on any atom is 0.334 e. The van der Waals surface area contributed by atoms with Gasteiger partial charge in [0, 0.05) is 12.6 Å². The second-order valence-corrected chi connectivity index (χ2v) is 5.23. The van der Waals surface area contributed by atoms with E-state index in [2.05, 4.69) is 0 Å². The van der Waals surface area contributed by atoms with Crippen LogP contribution in [0, 0.1) is 0 Å². The predicted molar refractivity (Wildman–Crippen MR) is 85.2 cm³/mol. The van der Waals surface area contributed by atoms with Crippen LogP contribution in [0.4, 0.5) is 0 Å². The number of ether oxygens (including phenoxy) is 2. The third kappa shape index (κ3) is 5.10. The van der Waals surface area contributed by atoms with Crippen molar-refractivity contribution in [2.75, 3.05) is 26.3 Å². The lowest BCUT2D eigenvalue weighted by molar-refractivity contribution is -0.158. The molecular formula is C17H21NO5. The Bertz CT molecular complexity index is 567. The topological polar surface area (TPSA) is 76.1 Å². The molecule has 2 rings (SSSR count). The summed E-state index contributed by atoms with van der Waals surface area (Å²) in [6.07, 6.45) is 3.16. The van der Waals surface area contributed by atoms with Crippen molar-refractivity contribution in [3.63, 3.8) is 0 Å². The van der Waals surface area contributed by atoms with E-state index >= 15 is 0 Å². The molecule has 124 valence electrons. The van der Waals surface area contributed by atoms with E-state index in [1.54, 1.807) is 6.08 Å². The number of benzene rings is 1. The highest BCUT2D eigenvalue weighted by molar-refractivity contribution is 5.92. The van der Waals surface area contributed by atoms with Crippen LogP contribution in [-0.2, 0) is 14.3 Å². The molecule has 1 aliphatic heterocycles. The van der Waals surface area contributed by atoms with Crippen LogP contribution in [0.1, 0.15) is 18.9 Å². The molecule has 1 aromatic rings. The lowest BCUT2D eigenvalue weighted by atomic mass is 10.2. The number of nitrogens with zero attached hydrogens (tertiary/aromatic N) is 1. The lowest BCUT2D eigenvalue weighted by Crippen LogP contribution is -2.48. The molecule has 0 radical (unpaired) electrons. The Morgan fingerprint density at radius 1 is 1.39 bits per heavy atom. The zero-order chi connectivity index (χ0) is 16.7. The summed E-state index contributed by atoms with van der Waals surface area (Å²) in [5, 5.41) is 8.94. The van der Waals surface area contributed by atoms with Gasteiger partial charge in [-0.1, -0.05) is 19.1 Å². The molecule has 0 spiro atoms. The number of carbonyl (C=O) groups excluding carboxylic acids is 1. The van der Waals surface area contributed by atoms with E-state index in [0.717, 1.165) is 17.7 Å². The number of carboxylic acid groups (broad SMARTS) is 1. The molecule has 1 N–H and O–H groups in total. The number of amides is 1. The van der Waals surface area contributed by atoms with E-state index in [4.69, 9.17) is 14.6 Å². The smallest absolute Gasteiger partial charge is 0.334 e. The molecule has 0 aliphatic carbocycles. The van der Waals surface area contributed by atoms with E-state index < -0.39 is 12.1 Å². The van der Waals surface area contributed by atoms with E-state index in [9.17, 15) is 9.59 Å². The Morgan fingerprint density at radius 3 is 2.78 bits per heavy atom. The second kappa shape index (κ2) is 8.33. The Kier molecular flexibility index (Phi) is 6.17. The quantitative estimate of drug-likeness (QED) is 0.809. The second-order valence-electron chi connectivity index (χ2n) is 5.23. The van der Waals surface area contributed by atoms with E-state index in [0.29, 0.717) is 13.2 Å². The molecule has 1 fully saturated rings. The van der Waals surface area contributed by atoms with Crippen molar-refractivity contribution in [1.29, 1.82) is 0 Å². The molecule has 0 aromatic heterocycles. The van der Waals surface area contributed by atoms with E-state index in [1.165, 1.54) is 11.0 Å². The van der Waals surface area contributed by atoms with Crippen molar-refractivity contribution in [2.24, 2.45) is 0 Å². The summed E-state index contributed by atoms with van der Waals surface area (Å²) in [6, 6.07) is 7.45. The van der Waals surface area contributed by atoms with Crippen LogP contribution in [0.15, 0.2) is 30.3 Å². The Morgan fingerprint density at radius 2 is 2.13 bits per heavy atom. The first-order valence-electron chi connectivity index (χ1n) is 7.64. The molecule has 1 amide bonds. The van der Waals surface area contributed by atoms with Gasteiger partial charge in [-0.05, 0) is 30.2 Å². The number of hydrogen-bond donors (Lipinski definition) is 1. The average molecular weight is 319 g/mol. The Balaban J connectivity index is 1.91. The standard InChI is InChI=1S/C17H21NO5/c1-2-10-22-14-6-3-13(4-7-14)5-8-16(19)18-9-11-23-15(12-18)17(20)21/h3-8,15H,2,9-12H2,1H3,(H,20,21). The van der Waals surface area contributed by atoms with Crippen molar-refractivity contribution in [2.45, 2.75) is 19.4 Å². The van der Waals surface area contributed by atoms with Crippen molar-refractivity contribution in [1.82, 2.24) is 4.90 Å². The highest BCUT2D eigenvalue weighted by Crippen LogP contribution is 2.14. The van der Waals surface area contributed by atoms with Gasteiger partial charge in [0.15, 0.2) is 6.10 Å². The number of hydrogen-bond acceptors (Lipinski definition) is 4. The lowest BCUT2D eigenvalue weighted by Gasteiger charge is -2.30. The van der Waals surface area contributed by atoms with Crippen molar-refractivity contribution in [3.8, 4) is 5.75 Å². The van der Waals surface area contributed by atoms with Gasteiger partial charge in [0.25, 0.3) is 0 Å². The highest BCUT2D eigenvalue weighted by Gasteiger charge is 2.27. The zero-order valence-corrected chi connectivity index (χ0v) is 13.1. The predicted octanol–water partition coefficient (Wildman–Crippen LogP) is 1.80. The molecule has 1 aliphatic rings. The minimum absolute atomic E-state index is 0.0717. The molecule has 6 heteroatoms. The van der Waals surface area contributed by atoms with Crippen LogP contribution in [0.3, 0.4) is 0 Å². The molecule has 1 heterocycles. The minimum atomic E-state index is -1.05. The number of carbonyl (C=O) groups is 2. The van der Waals surface area contributed by atoms with E-state index in [-0.39, 0.29) is 19.1 Å². The van der Waals surface area contributed by atoms with Gasteiger partial charge < -0.3 is 19.5 Å². The van der Waals surface area contributed by atoms with Crippen LogP contribution in [0.5, 0.6) is 5.75 Å². The molecule has 0 saturated carbocycles. The molecule has 1 aromatic carbocycles. The molecular weight excluding hydrogens is 298 g/mol. The van der Waals surface area contributed by atoms with Crippen molar-refractivity contribution in [3.05, 3.63) is 35.9 Å². The van der Waals surface area contributed by atoms with Crippen molar-refractivity contribution < 1.29 is 24.2 Å².